The Kier molecular flexibility index (Phi) is 4.13. The summed E-state index contributed by atoms with van der Waals surface area (Å²) >= 11 is 5.97. The Balaban J connectivity index is 2.50. The summed E-state index contributed by atoms with van der Waals surface area (Å²) in [6, 6.07) is 12.7. The third kappa shape index (κ3) is 2.85. The summed E-state index contributed by atoms with van der Waals surface area (Å²) in [4.78, 5) is 0. The van der Waals surface area contributed by atoms with Gasteiger partial charge in [0.05, 0.1) is 5.04 Å². The van der Waals surface area contributed by atoms with Gasteiger partial charge in [0, 0.05) is 11.5 Å². The molecule has 3 heteroatoms. The molecule has 0 saturated carbocycles. The molecule has 88 valence electrons. The molecule has 0 saturated heterocycles. The monoisotopic (exact) mass is 261 g/mol. The first-order valence-corrected chi connectivity index (χ1v) is 7.12. The Hall–Kier alpha value is -0.930. The first-order chi connectivity index (χ1) is 8.22. The molecule has 0 aromatic heterocycles. The molecule has 0 spiro atoms. The highest BCUT2D eigenvalue weighted by atomic mass is 32.2. The third-order valence-electron chi connectivity index (χ3n) is 2.69. The van der Waals surface area contributed by atoms with Gasteiger partial charge in [0.15, 0.2) is 0 Å². The van der Waals surface area contributed by atoms with Crippen LogP contribution in [-0.4, -0.2) is 5.04 Å². The molecule has 0 radical (unpaired) electrons. The molecule has 0 fully saturated rings. The van der Waals surface area contributed by atoms with Crippen LogP contribution in [0.2, 0.25) is 0 Å². The van der Waals surface area contributed by atoms with E-state index in [2.05, 4.69) is 49.0 Å². The summed E-state index contributed by atoms with van der Waals surface area (Å²) in [7, 11) is 0. The van der Waals surface area contributed by atoms with Crippen LogP contribution in [0.1, 0.15) is 18.1 Å². The van der Waals surface area contributed by atoms with Gasteiger partial charge in [-0.3, -0.25) is 5.41 Å². The van der Waals surface area contributed by atoms with Gasteiger partial charge in [-0.2, -0.15) is 12.6 Å². The summed E-state index contributed by atoms with van der Waals surface area (Å²) in [5.41, 5.74) is 2.56. The molecule has 0 unspecified atom stereocenters. The molecular weight excluding hydrogens is 246 g/mol. The Morgan fingerprint density at radius 2 is 1.82 bits per heavy atom. The van der Waals surface area contributed by atoms with Crippen LogP contribution < -0.4 is 0 Å². The average Bonchev–Trinajstić information content (AvgIpc) is 2.35. The maximum atomic E-state index is 7.50. The number of nitrogens with one attached hydrogen (secondary N) is 1. The zero-order valence-electron chi connectivity index (χ0n) is 9.73. The minimum Gasteiger partial charge on any atom is -0.299 e. The lowest BCUT2D eigenvalue weighted by Crippen LogP contribution is -1.90. The lowest BCUT2D eigenvalue weighted by molar-refractivity contribution is 1.41. The van der Waals surface area contributed by atoms with Gasteiger partial charge in [0.25, 0.3) is 0 Å². The Labute approximate surface area is 112 Å². The predicted molar refractivity (Wildman–Crippen MR) is 81.3 cm³/mol. The molecule has 0 aliphatic heterocycles. The van der Waals surface area contributed by atoms with Gasteiger partial charge in [0.1, 0.15) is 0 Å². The first kappa shape index (κ1) is 12.5. The molecule has 1 N–H and O–H groups in total. The number of benzene rings is 2. The van der Waals surface area contributed by atoms with Crippen molar-refractivity contribution in [3.63, 3.8) is 0 Å². The molecule has 0 amide bonds. The van der Waals surface area contributed by atoms with Gasteiger partial charge >= 0.3 is 0 Å². The van der Waals surface area contributed by atoms with E-state index in [1.165, 1.54) is 21.9 Å². The summed E-state index contributed by atoms with van der Waals surface area (Å²) in [5, 5.41) is 10.7. The largest absolute Gasteiger partial charge is 0.299 e. The molecule has 1 nitrogen and oxygen atoms in total. The average molecular weight is 261 g/mol. The Morgan fingerprint density at radius 1 is 1.18 bits per heavy atom. The van der Waals surface area contributed by atoms with Crippen molar-refractivity contribution in [1.29, 1.82) is 5.41 Å². The highest BCUT2D eigenvalue weighted by Gasteiger charge is 2.05. The van der Waals surface area contributed by atoms with E-state index in [1.807, 2.05) is 6.92 Å². The van der Waals surface area contributed by atoms with Crippen molar-refractivity contribution in [3.8, 4) is 0 Å². The van der Waals surface area contributed by atoms with Crippen molar-refractivity contribution in [2.24, 2.45) is 0 Å². The standard InChI is InChI=1S/C14H15NS2/c1-10(15)17-9-13-7-3-5-11-4-2-6-12(8-16)14(11)13/h2-7,15-16H,8-9H2,1H3. The topological polar surface area (TPSA) is 23.9 Å². The molecule has 0 atom stereocenters. The minimum atomic E-state index is 0.658. The van der Waals surface area contributed by atoms with E-state index in [9.17, 15) is 0 Å². The molecule has 17 heavy (non-hydrogen) atoms. The second-order valence-corrected chi connectivity index (χ2v) is 5.44. The van der Waals surface area contributed by atoms with Crippen LogP contribution in [0.15, 0.2) is 36.4 Å². The molecule has 0 aliphatic rings. The third-order valence-corrected chi connectivity index (χ3v) is 3.92. The molecule has 0 aliphatic carbocycles. The molecule has 2 rings (SSSR count). The maximum absolute atomic E-state index is 7.50. The second kappa shape index (κ2) is 5.61. The molecular formula is C14H15NS2. The fraction of sp³-hybridized carbons (Fsp3) is 0.214. The first-order valence-electron chi connectivity index (χ1n) is 5.50. The highest BCUT2D eigenvalue weighted by Crippen LogP contribution is 2.27. The Morgan fingerprint density at radius 3 is 2.41 bits per heavy atom. The smallest absolute Gasteiger partial charge is 0.0613 e. The van der Waals surface area contributed by atoms with Crippen molar-refractivity contribution in [1.82, 2.24) is 0 Å². The van der Waals surface area contributed by atoms with Gasteiger partial charge in [-0.1, -0.05) is 36.4 Å². The fourth-order valence-corrected chi connectivity index (χ4v) is 2.82. The summed E-state index contributed by atoms with van der Waals surface area (Å²) < 4.78 is 0. The van der Waals surface area contributed by atoms with Crippen molar-refractivity contribution in [2.75, 3.05) is 0 Å². The second-order valence-electron chi connectivity index (χ2n) is 3.94. The minimum absolute atomic E-state index is 0.658. The SMILES string of the molecule is CC(=N)SCc1cccc2cccc(CS)c12. The highest BCUT2D eigenvalue weighted by molar-refractivity contribution is 8.13. The van der Waals surface area contributed by atoms with Crippen molar-refractivity contribution < 1.29 is 0 Å². The van der Waals surface area contributed by atoms with E-state index in [1.54, 1.807) is 11.8 Å². The number of hydrogen-bond acceptors (Lipinski definition) is 3. The number of thiol groups is 1. The van der Waals surface area contributed by atoms with Crippen LogP contribution in [0, 0.1) is 5.41 Å². The fourth-order valence-electron chi connectivity index (χ4n) is 1.94. The van der Waals surface area contributed by atoms with E-state index >= 15 is 0 Å². The quantitative estimate of drug-likeness (QED) is 0.474. The van der Waals surface area contributed by atoms with Gasteiger partial charge in [-0.15, -0.1) is 11.8 Å². The van der Waals surface area contributed by atoms with Crippen molar-refractivity contribution in [2.45, 2.75) is 18.4 Å². The lowest BCUT2D eigenvalue weighted by atomic mass is 10.0. The summed E-state index contributed by atoms with van der Waals surface area (Å²) in [6.07, 6.45) is 0. The van der Waals surface area contributed by atoms with Gasteiger partial charge in [-0.05, 0) is 28.8 Å². The van der Waals surface area contributed by atoms with Crippen molar-refractivity contribution >= 4 is 40.2 Å². The maximum Gasteiger partial charge on any atom is 0.0613 e. The van der Waals surface area contributed by atoms with Crippen LogP contribution in [0.4, 0.5) is 0 Å². The molecule has 2 aromatic carbocycles. The number of thioether (sulfide) groups is 1. The predicted octanol–water partition coefficient (Wildman–Crippen LogP) is 4.50. The normalized spacial score (nSPS) is 10.7. The van der Waals surface area contributed by atoms with Gasteiger partial charge < -0.3 is 0 Å². The van der Waals surface area contributed by atoms with Crippen LogP contribution in [0.25, 0.3) is 10.8 Å². The zero-order chi connectivity index (χ0) is 12.3. The van der Waals surface area contributed by atoms with Crippen LogP contribution >= 0.6 is 24.4 Å². The van der Waals surface area contributed by atoms with E-state index < -0.39 is 0 Å². The van der Waals surface area contributed by atoms with E-state index in [-0.39, 0.29) is 0 Å². The van der Waals surface area contributed by atoms with E-state index in [0.29, 0.717) is 5.04 Å². The summed E-state index contributed by atoms with van der Waals surface area (Å²) in [6.45, 7) is 1.83. The molecule has 0 bridgehead atoms. The number of rotatable bonds is 3. The van der Waals surface area contributed by atoms with E-state index in [4.69, 9.17) is 5.41 Å². The molecule has 0 heterocycles. The lowest BCUT2D eigenvalue weighted by Gasteiger charge is -2.09. The van der Waals surface area contributed by atoms with Gasteiger partial charge in [-0.25, -0.2) is 0 Å². The van der Waals surface area contributed by atoms with E-state index in [0.717, 1.165) is 11.5 Å². The van der Waals surface area contributed by atoms with Gasteiger partial charge in [0.2, 0.25) is 0 Å². The summed E-state index contributed by atoms with van der Waals surface area (Å²) in [5.74, 6) is 1.61. The van der Waals surface area contributed by atoms with Crippen LogP contribution in [0.5, 0.6) is 0 Å². The van der Waals surface area contributed by atoms with Crippen LogP contribution in [-0.2, 0) is 11.5 Å². The van der Waals surface area contributed by atoms with Crippen molar-refractivity contribution in [3.05, 3.63) is 47.5 Å². The zero-order valence-corrected chi connectivity index (χ0v) is 11.4. The number of fused-ring (bicyclic) bond motifs is 1. The van der Waals surface area contributed by atoms with Crippen LogP contribution in [0.3, 0.4) is 0 Å². The molecule has 2 aromatic rings. The number of hydrogen-bond donors (Lipinski definition) is 2. The Bertz CT molecular complexity index is 544.